The molecule has 5 nitrogen and oxygen atoms in total. The molecule has 1 amide bonds. The molecule has 1 aliphatic heterocycles. The molecular formula is C22H16ClN3O2S. The largest absolute Gasteiger partial charge is 0.493 e. The molecule has 2 aromatic carbocycles. The van der Waals surface area contributed by atoms with Gasteiger partial charge in [-0.2, -0.15) is 0 Å². The van der Waals surface area contributed by atoms with Crippen LogP contribution in [0.4, 0.5) is 0 Å². The van der Waals surface area contributed by atoms with Gasteiger partial charge >= 0.3 is 0 Å². The summed E-state index contributed by atoms with van der Waals surface area (Å²) in [5, 5.41) is 4.53. The summed E-state index contributed by atoms with van der Waals surface area (Å²) in [7, 11) is 0. The van der Waals surface area contributed by atoms with E-state index in [0.29, 0.717) is 17.2 Å². The highest BCUT2D eigenvalue weighted by atomic mass is 35.5. The fourth-order valence-electron chi connectivity index (χ4n) is 3.45. The summed E-state index contributed by atoms with van der Waals surface area (Å²) >= 11 is 7.56. The molecule has 1 unspecified atom stereocenters. The van der Waals surface area contributed by atoms with Gasteiger partial charge in [-0.1, -0.05) is 29.8 Å². The van der Waals surface area contributed by atoms with Gasteiger partial charge in [0, 0.05) is 35.5 Å². The van der Waals surface area contributed by atoms with Crippen molar-refractivity contribution in [1.29, 1.82) is 0 Å². The molecule has 1 aliphatic rings. The number of pyridine rings is 1. The Kier molecular flexibility index (Phi) is 4.66. The first-order valence-electron chi connectivity index (χ1n) is 9.21. The molecule has 0 spiro atoms. The van der Waals surface area contributed by atoms with Crippen LogP contribution in [0.2, 0.25) is 5.02 Å². The van der Waals surface area contributed by atoms with Crippen molar-refractivity contribution in [1.82, 2.24) is 15.3 Å². The quantitative estimate of drug-likeness (QED) is 0.489. The van der Waals surface area contributed by atoms with Crippen LogP contribution in [0.3, 0.4) is 0 Å². The number of rotatable bonds is 3. The molecule has 144 valence electrons. The number of hydrogen-bond donors (Lipinski definition) is 1. The van der Waals surface area contributed by atoms with Gasteiger partial charge in [0.2, 0.25) is 0 Å². The lowest BCUT2D eigenvalue weighted by Gasteiger charge is -2.26. The van der Waals surface area contributed by atoms with Crippen LogP contribution in [0.25, 0.3) is 20.8 Å². The van der Waals surface area contributed by atoms with Crippen molar-refractivity contribution < 1.29 is 9.53 Å². The third kappa shape index (κ3) is 3.57. The standard InChI is InChI=1S/C22H16ClN3O2S/c23-15-9-14(11-24-12-15)22-26-18-6-5-13(10-20(18)29-22)21(27)25-17-7-8-28-19-4-2-1-3-16(17)19/h1-6,9-12,17H,7-8H2,(H,25,27). The Balaban J connectivity index is 1.41. The van der Waals surface area contributed by atoms with Gasteiger partial charge < -0.3 is 10.1 Å². The topological polar surface area (TPSA) is 64.1 Å². The van der Waals surface area contributed by atoms with Crippen molar-refractivity contribution in [3.05, 3.63) is 77.1 Å². The molecule has 0 aliphatic carbocycles. The van der Waals surface area contributed by atoms with E-state index >= 15 is 0 Å². The zero-order valence-electron chi connectivity index (χ0n) is 15.3. The summed E-state index contributed by atoms with van der Waals surface area (Å²) < 4.78 is 6.62. The average Bonchev–Trinajstić information content (AvgIpc) is 3.17. The zero-order chi connectivity index (χ0) is 19.8. The highest BCUT2D eigenvalue weighted by Gasteiger charge is 2.23. The molecule has 5 rings (SSSR count). The molecule has 0 saturated heterocycles. The molecule has 7 heteroatoms. The number of para-hydroxylation sites is 1. The number of fused-ring (bicyclic) bond motifs is 2. The van der Waals surface area contributed by atoms with Crippen LogP contribution in [-0.4, -0.2) is 22.5 Å². The Hall–Kier alpha value is -2.96. The maximum atomic E-state index is 12.9. The van der Waals surface area contributed by atoms with Gasteiger partial charge in [-0.3, -0.25) is 9.78 Å². The molecule has 0 radical (unpaired) electrons. The number of amides is 1. The van der Waals surface area contributed by atoms with Gasteiger partial charge in [0.25, 0.3) is 5.91 Å². The van der Waals surface area contributed by atoms with E-state index < -0.39 is 0 Å². The third-order valence-electron chi connectivity index (χ3n) is 4.87. The summed E-state index contributed by atoms with van der Waals surface area (Å²) in [6.07, 6.45) is 4.08. The van der Waals surface area contributed by atoms with E-state index in [0.717, 1.165) is 38.5 Å². The van der Waals surface area contributed by atoms with Crippen LogP contribution in [-0.2, 0) is 0 Å². The van der Waals surface area contributed by atoms with Gasteiger partial charge in [-0.15, -0.1) is 11.3 Å². The molecule has 1 N–H and O–H groups in total. The third-order valence-corrected chi connectivity index (χ3v) is 6.14. The molecule has 3 heterocycles. The zero-order valence-corrected chi connectivity index (χ0v) is 16.8. The first-order valence-corrected chi connectivity index (χ1v) is 10.4. The van der Waals surface area contributed by atoms with Gasteiger partial charge in [0.05, 0.1) is 27.9 Å². The smallest absolute Gasteiger partial charge is 0.251 e. The number of ether oxygens (including phenoxy) is 1. The fourth-order valence-corrected chi connectivity index (χ4v) is 4.61. The molecule has 2 aromatic heterocycles. The Bertz CT molecular complexity index is 1220. The second-order valence-electron chi connectivity index (χ2n) is 6.79. The van der Waals surface area contributed by atoms with Crippen molar-refractivity contribution >= 4 is 39.1 Å². The summed E-state index contributed by atoms with van der Waals surface area (Å²) in [5.41, 5.74) is 3.34. The van der Waals surface area contributed by atoms with Gasteiger partial charge in [0.15, 0.2) is 0 Å². The van der Waals surface area contributed by atoms with Crippen molar-refractivity contribution in [2.45, 2.75) is 12.5 Å². The summed E-state index contributed by atoms with van der Waals surface area (Å²) in [5.74, 6) is 0.731. The van der Waals surface area contributed by atoms with E-state index in [9.17, 15) is 4.79 Å². The lowest BCUT2D eigenvalue weighted by Crippen LogP contribution is -2.32. The minimum absolute atomic E-state index is 0.0577. The summed E-state index contributed by atoms with van der Waals surface area (Å²) in [4.78, 5) is 21.7. The summed E-state index contributed by atoms with van der Waals surface area (Å²) in [6, 6.07) is 15.2. The van der Waals surface area contributed by atoms with Crippen LogP contribution in [0.1, 0.15) is 28.4 Å². The highest BCUT2D eigenvalue weighted by molar-refractivity contribution is 7.21. The van der Waals surface area contributed by atoms with Crippen molar-refractivity contribution in [2.24, 2.45) is 0 Å². The van der Waals surface area contributed by atoms with Gasteiger partial charge in [0.1, 0.15) is 10.8 Å². The maximum absolute atomic E-state index is 12.9. The molecule has 0 fully saturated rings. The number of hydrogen-bond acceptors (Lipinski definition) is 5. The number of nitrogens with zero attached hydrogens (tertiary/aromatic N) is 2. The molecule has 29 heavy (non-hydrogen) atoms. The number of carbonyl (C=O) groups excluding carboxylic acids is 1. The van der Waals surface area contributed by atoms with E-state index in [1.165, 1.54) is 11.3 Å². The molecule has 1 atom stereocenters. The number of nitrogens with one attached hydrogen (secondary N) is 1. The van der Waals surface area contributed by atoms with E-state index in [4.69, 9.17) is 16.3 Å². The van der Waals surface area contributed by atoms with E-state index in [-0.39, 0.29) is 11.9 Å². The maximum Gasteiger partial charge on any atom is 0.251 e. The number of benzene rings is 2. The molecule has 4 aromatic rings. The van der Waals surface area contributed by atoms with Crippen LogP contribution in [0.15, 0.2) is 60.9 Å². The number of thiazole rings is 1. The Morgan fingerprint density at radius 3 is 2.97 bits per heavy atom. The monoisotopic (exact) mass is 421 g/mol. The first-order chi connectivity index (χ1) is 14.2. The van der Waals surface area contributed by atoms with Crippen molar-refractivity contribution in [3.63, 3.8) is 0 Å². The first kappa shape index (κ1) is 18.1. The van der Waals surface area contributed by atoms with Crippen molar-refractivity contribution in [2.75, 3.05) is 6.61 Å². The van der Waals surface area contributed by atoms with Crippen LogP contribution < -0.4 is 10.1 Å². The van der Waals surface area contributed by atoms with Crippen LogP contribution >= 0.6 is 22.9 Å². The van der Waals surface area contributed by atoms with Crippen LogP contribution in [0.5, 0.6) is 5.75 Å². The van der Waals surface area contributed by atoms with E-state index in [1.54, 1.807) is 12.4 Å². The Morgan fingerprint density at radius 1 is 1.17 bits per heavy atom. The van der Waals surface area contributed by atoms with Gasteiger partial charge in [-0.05, 0) is 30.3 Å². The second-order valence-corrected chi connectivity index (χ2v) is 8.26. The Labute approximate surface area is 176 Å². The fraction of sp³-hybridized carbons (Fsp3) is 0.136. The van der Waals surface area contributed by atoms with E-state index in [1.807, 2.05) is 48.5 Å². The normalized spacial score (nSPS) is 15.6. The summed E-state index contributed by atoms with van der Waals surface area (Å²) in [6.45, 7) is 0.590. The molecule has 0 bridgehead atoms. The predicted molar refractivity (Wildman–Crippen MR) is 115 cm³/mol. The minimum atomic E-state index is -0.104. The number of carbonyl (C=O) groups is 1. The number of aromatic nitrogens is 2. The predicted octanol–water partition coefficient (Wildman–Crippen LogP) is 5.27. The number of halogens is 1. The Morgan fingerprint density at radius 2 is 2.07 bits per heavy atom. The second kappa shape index (κ2) is 7.46. The van der Waals surface area contributed by atoms with Crippen molar-refractivity contribution in [3.8, 4) is 16.3 Å². The lowest BCUT2D eigenvalue weighted by molar-refractivity contribution is 0.0925. The highest BCUT2D eigenvalue weighted by Crippen LogP contribution is 2.33. The molecule has 0 saturated carbocycles. The van der Waals surface area contributed by atoms with E-state index in [2.05, 4.69) is 15.3 Å². The van der Waals surface area contributed by atoms with Crippen LogP contribution in [0, 0.1) is 0 Å². The van der Waals surface area contributed by atoms with Gasteiger partial charge in [-0.25, -0.2) is 4.98 Å². The lowest BCUT2D eigenvalue weighted by atomic mass is 10.00. The molecular weight excluding hydrogens is 406 g/mol. The minimum Gasteiger partial charge on any atom is -0.493 e. The average molecular weight is 422 g/mol. The SMILES string of the molecule is O=C(NC1CCOc2ccccc21)c1ccc2nc(-c3cncc(Cl)c3)sc2c1.